The third-order valence-corrected chi connectivity index (χ3v) is 4.16. The summed E-state index contributed by atoms with van der Waals surface area (Å²) in [7, 11) is 0. The van der Waals surface area contributed by atoms with Crippen molar-refractivity contribution in [2.24, 2.45) is 0 Å². The molecule has 7 heteroatoms. The molecule has 2 heterocycles. The average Bonchev–Trinajstić information content (AvgIpc) is 2.88. The molecule has 0 aliphatic carbocycles. The molecular weight excluding hydrogens is 310 g/mol. The lowest BCUT2D eigenvalue weighted by Crippen LogP contribution is -2.44. The molecule has 3 aromatic rings. The van der Waals surface area contributed by atoms with Gasteiger partial charge in [0.15, 0.2) is 5.65 Å². The molecule has 0 aliphatic rings. The Hall–Kier alpha value is -2.15. The Kier molecular flexibility index (Phi) is 3.97. The van der Waals surface area contributed by atoms with Gasteiger partial charge in [0.2, 0.25) is 11.1 Å². The summed E-state index contributed by atoms with van der Waals surface area (Å²) in [5.41, 5.74) is 1.38. The van der Waals surface area contributed by atoms with Crippen LogP contribution in [0.5, 0.6) is 0 Å². The number of nitrogens with one attached hydrogen (secondary N) is 1. The van der Waals surface area contributed by atoms with E-state index in [2.05, 4.69) is 20.4 Å². The lowest BCUT2D eigenvalue weighted by molar-refractivity contribution is -0.121. The maximum absolute atomic E-state index is 12.2. The van der Waals surface area contributed by atoms with Crippen LogP contribution in [0.1, 0.15) is 27.7 Å². The van der Waals surface area contributed by atoms with Gasteiger partial charge in [0, 0.05) is 10.9 Å². The lowest BCUT2D eigenvalue weighted by atomic mass is 10.1. The van der Waals surface area contributed by atoms with E-state index in [0.29, 0.717) is 5.16 Å². The minimum atomic E-state index is -0.272. The maximum atomic E-state index is 12.2. The maximum Gasteiger partial charge on any atom is 0.233 e. The summed E-state index contributed by atoms with van der Waals surface area (Å²) >= 11 is 1.34. The SMILES string of the molecule is CC(Sc1nc2c3ccccc3ncn2n1)C(=O)NC(C)(C)C. The Morgan fingerprint density at radius 3 is 2.78 bits per heavy atom. The fraction of sp³-hybridized carbons (Fsp3) is 0.375. The first-order valence-electron chi connectivity index (χ1n) is 7.42. The summed E-state index contributed by atoms with van der Waals surface area (Å²) in [6, 6.07) is 7.80. The molecule has 0 saturated carbocycles. The zero-order valence-corrected chi connectivity index (χ0v) is 14.4. The van der Waals surface area contributed by atoms with Crippen LogP contribution in [0.2, 0.25) is 0 Å². The zero-order chi connectivity index (χ0) is 16.6. The third kappa shape index (κ3) is 3.44. The summed E-state index contributed by atoms with van der Waals surface area (Å²) in [6.45, 7) is 7.74. The zero-order valence-electron chi connectivity index (χ0n) is 13.6. The van der Waals surface area contributed by atoms with Crippen LogP contribution in [-0.4, -0.2) is 36.3 Å². The normalized spacial score (nSPS) is 13.4. The first-order valence-corrected chi connectivity index (χ1v) is 8.30. The van der Waals surface area contributed by atoms with Gasteiger partial charge in [0.05, 0.1) is 10.8 Å². The summed E-state index contributed by atoms with van der Waals surface area (Å²) in [4.78, 5) is 21.1. The Balaban J connectivity index is 1.86. The van der Waals surface area contributed by atoms with Gasteiger partial charge in [-0.15, -0.1) is 5.10 Å². The number of carbonyl (C=O) groups excluding carboxylic acids is 1. The second-order valence-electron chi connectivity index (χ2n) is 6.42. The van der Waals surface area contributed by atoms with Crippen molar-refractivity contribution in [1.82, 2.24) is 24.9 Å². The number of nitrogens with zero attached hydrogens (tertiary/aromatic N) is 4. The second kappa shape index (κ2) is 5.81. The standard InChI is InChI=1S/C16H19N5OS/c1-10(14(22)19-16(2,3)4)23-15-18-13-11-7-5-6-8-12(11)17-9-21(13)20-15/h5-10H,1-4H3,(H,19,22). The van der Waals surface area contributed by atoms with Crippen LogP contribution in [0.3, 0.4) is 0 Å². The smallest absolute Gasteiger partial charge is 0.233 e. The highest BCUT2D eigenvalue weighted by atomic mass is 32.2. The molecule has 0 bridgehead atoms. The molecule has 120 valence electrons. The van der Waals surface area contributed by atoms with Crippen LogP contribution in [0.25, 0.3) is 16.6 Å². The van der Waals surface area contributed by atoms with E-state index in [-0.39, 0.29) is 16.7 Å². The minimum absolute atomic E-state index is 0.0238. The molecule has 0 saturated heterocycles. The van der Waals surface area contributed by atoms with Gasteiger partial charge in [-0.25, -0.2) is 14.5 Å². The molecule has 2 aromatic heterocycles. The van der Waals surface area contributed by atoms with Crippen molar-refractivity contribution < 1.29 is 4.79 Å². The highest BCUT2D eigenvalue weighted by molar-refractivity contribution is 8.00. The molecule has 3 rings (SSSR count). The summed E-state index contributed by atoms with van der Waals surface area (Å²) in [5, 5.41) is 8.62. The van der Waals surface area contributed by atoms with Gasteiger partial charge in [0.1, 0.15) is 6.33 Å². The van der Waals surface area contributed by atoms with Crippen molar-refractivity contribution >= 4 is 34.2 Å². The number of benzene rings is 1. The van der Waals surface area contributed by atoms with Crippen LogP contribution in [0, 0.1) is 0 Å². The predicted molar refractivity (Wildman–Crippen MR) is 91.5 cm³/mol. The summed E-state index contributed by atoms with van der Waals surface area (Å²) in [6.07, 6.45) is 1.65. The minimum Gasteiger partial charge on any atom is -0.351 e. The number of rotatable bonds is 3. The summed E-state index contributed by atoms with van der Waals surface area (Å²) in [5.74, 6) is -0.0238. The largest absolute Gasteiger partial charge is 0.351 e. The Bertz CT molecular complexity index is 868. The van der Waals surface area contributed by atoms with Crippen LogP contribution >= 0.6 is 11.8 Å². The van der Waals surface area contributed by atoms with Gasteiger partial charge in [-0.05, 0) is 39.8 Å². The molecule has 1 atom stereocenters. The second-order valence-corrected chi connectivity index (χ2v) is 7.73. The molecule has 0 spiro atoms. The van der Waals surface area contributed by atoms with Crippen LogP contribution in [-0.2, 0) is 4.79 Å². The Labute approximate surface area is 138 Å². The average molecular weight is 329 g/mol. The van der Waals surface area contributed by atoms with Gasteiger partial charge < -0.3 is 5.32 Å². The molecule has 1 unspecified atom stereocenters. The van der Waals surface area contributed by atoms with Crippen molar-refractivity contribution in [3.05, 3.63) is 30.6 Å². The number of hydrogen-bond donors (Lipinski definition) is 1. The molecule has 0 aliphatic heterocycles. The number of carbonyl (C=O) groups is 1. The monoisotopic (exact) mass is 329 g/mol. The molecule has 0 radical (unpaired) electrons. The quantitative estimate of drug-likeness (QED) is 0.748. The fourth-order valence-electron chi connectivity index (χ4n) is 2.19. The lowest BCUT2D eigenvalue weighted by Gasteiger charge is -2.22. The Morgan fingerprint density at radius 1 is 1.30 bits per heavy atom. The first kappa shape index (κ1) is 15.7. The van der Waals surface area contributed by atoms with E-state index < -0.39 is 0 Å². The topological polar surface area (TPSA) is 72.2 Å². The fourth-order valence-corrected chi connectivity index (χ4v) is 2.95. The number of fused-ring (bicyclic) bond motifs is 3. The Morgan fingerprint density at radius 2 is 2.04 bits per heavy atom. The number of hydrogen-bond acceptors (Lipinski definition) is 5. The third-order valence-electron chi connectivity index (χ3n) is 3.21. The summed E-state index contributed by atoms with van der Waals surface area (Å²) < 4.78 is 1.65. The molecule has 23 heavy (non-hydrogen) atoms. The van der Waals surface area contributed by atoms with E-state index in [1.54, 1.807) is 10.8 Å². The van der Waals surface area contributed by atoms with Gasteiger partial charge in [-0.2, -0.15) is 0 Å². The predicted octanol–water partition coefficient (Wildman–Crippen LogP) is 2.67. The molecule has 1 aromatic carbocycles. The van der Waals surface area contributed by atoms with Gasteiger partial charge >= 0.3 is 0 Å². The molecule has 1 N–H and O–H groups in total. The van der Waals surface area contributed by atoms with Gasteiger partial charge in [-0.1, -0.05) is 23.9 Å². The van der Waals surface area contributed by atoms with Gasteiger partial charge in [0.25, 0.3) is 0 Å². The van der Waals surface area contributed by atoms with E-state index in [9.17, 15) is 4.79 Å². The van der Waals surface area contributed by atoms with E-state index in [1.807, 2.05) is 52.0 Å². The van der Waals surface area contributed by atoms with Crippen LogP contribution in [0.15, 0.2) is 35.7 Å². The molecule has 0 fully saturated rings. The number of amides is 1. The van der Waals surface area contributed by atoms with Crippen molar-refractivity contribution in [1.29, 1.82) is 0 Å². The van der Waals surface area contributed by atoms with Gasteiger partial charge in [-0.3, -0.25) is 4.79 Å². The van der Waals surface area contributed by atoms with E-state index in [4.69, 9.17) is 0 Å². The number of thioether (sulfide) groups is 1. The van der Waals surface area contributed by atoms with Crippen molar-refractivity contribution in [3.8, 4) is 0 Å². The van der Waals surface area contributed by atoms with E-state index >= 15 is 0 Å². The van der Waals surface area contributed by atoms with Crippen molar-refractivity contribution in [2.45, 2.75) is 43.6 Å². The molecule has 6 nitrogen and oxygen atoms in total. The highest BCUT2D eigenvalue weighted by Crippen LogP contribution is 2.23. The number of para-hydroxylation sites is 1. The highest BCUT2D eigenvalue weighted by Gasteiger charge is 2.22. The van der Waals surface area contributed by atoms with Crippen LogP contribution in [0.4, 0.5) is 0 Å². The van der Waals surface area contributed by atoms with E-state index in [1.165, 1.54) is 11.8 Å². The van der Waals surface area contributed by atoms with E-state index in [0.717, 1.165) is 16.6 Å². The van der Waals surface area contributed by atoms with Crippen LogP contribution < -0.4 is 5.32 Å². The molecule has 1 amide bonds. The first-order chi connectivity index (χ1) is 10.8. The molecular formula is C16H19N5OS. The van der Waals surface area contributed by atoms with Crippen molar-refractivity contribution in [2.75, 3.05) is 0 Å². The van der Waals surface area contributed by atoms with Crippen molar-refractivity contribution in [3.63, 3.8) is 0 Å². The number of aromatic nitrogens is 4.